The molecular weight excluding hydrogens is 234 g/mol. The van der Waals surface area contributed by atoms with E-state index in [1.807, 2.05) is 0 Å². The topological polar surface area (TPSA) is 104 Å². The minimum Gasteiger partial charge on any atom is -0.391 e. The maximum atomic E-state index is 11.6. The molecule has 2 amide bonds. The summed E-state index contributed by atoms with van der Waals surface area (Å²) in [6.07, 6.45) is 0.707. The van der Waals surface area contributed by atoms with Gasteiger partial charge in [-0.2, -0.15) is 0 Å². The summed E-state index contributed by atoms with van der Waals surface area (Å²) in [5, 5.41) is 14.7. The number of aliphatic hydroxyl groups excluding tert-OH is 1. The van der Waals surface area contributed by atoms with Crippen molar-refractivity contribution in [1.82, 2.24) is 10.6 Å². The second kappa shape index (κ2) is 6.67. The van der Waals surface area contributed by atoms with E-state index in [1.54, 1.807) is 0 Å². The number of nitrogens with two attached hydrogens (primary N) is 1. The van der Waals surface area contributed by atoms with Crippen LogP contribution in [0.25, 0.3) is 0 Å². The van der Waals surface area contributed by atoms with Gasteiger partial charge >= 0.3 is 0 Å². The highest BCUT2D eigenvalue weighted by molar-refractivity contribution is 5.89. The minimum absolute atomic E-state index is 0. The molecule has 3 atom stereocenters. The van der Waals surface area contributed by atoms with Gasteiger partial charge < -0.3 is 21.5 Å². The van der Waals surface area contributed by atoms with E-state index in [4.69, 9.17) is 5.73 Å². The van der Waals surface area contributed by atoms with Crippen LogP contribution in [0, 0.1) is 0 Å². The van der Waals surface area contributed by atoms with Crippen molar-refractivity contribution in [2.75, 3.05) is 6.54 Å². The lowest BCUT2D eigenvalue weighted by Crippen LogP contribution is -2.54. The zero-order valence-electron chi connectivity index (χ0n) is 9.10. The third-order valence-electron chi connectivity index (χ3n) is 2.46. The van der Waals surface area contributed by atoms with Gasteiger partial charge in [0.2, 0.25) is 11.8 Å². The van der Waals surface area contributed by atoms with E-state index in [9.17, 15) is 14.7 Å². The predicted molar refractivity (Wildman–Crippen MR) is 61.1 cm³/mol. The van der Waals surface area contributed by atoms with Crippen molar-refractivity contribution < 1.29 is 14.7 Å². The molecule has 1 aliphatic rings. The van der Waals surface area contributed by atoms with E-state index in [2.05, 4.69) is 10.6 Å². The minimum atomic E-state index is -1.01. The van der Waals surface area contributed by atoms with E-state index in [-0.39, 0.29) is 24.4 Å². The molecule has 0 radical (unpaired) electrons. The van der Waals surface area contributed by atoms with Crippen LogP contribution in [0.1, 0.15) is 19.8 Å². The van der Waals surface area contributed by atoms with Gasteiger partial charge in [-0.3, -0.25) is 9.59 Å². The molecule has 0 aromatic rings. The van der Waals surface area contributed by atoms with Gasteiger partial charge in [0.25, 0.3) is 0 Å². The Morgan fingerprint density at radius 1 is 1.56 bits per heavy atom. The van der Waals surface area contributed by atoms with Crippen LogP contribution in [-0.2, 0) is 9.59 Å². The first kappa shape index (κ1) is 15.2. The molecule has 1 aliphatic heterocycles. The van der Waals surface area contributed by atoms with Gasteiger partial charge in [0, 0.05) is 0 Å². The Morgan fingerprint density at radius 2 is 2.19 bits per heavy atom. The first-order valence-corrected chi connectivity index (χ1v) is 5.03. The molecule has 6 nitrogen and oxygen atoms in total. The summed E-state index contributed by atoms with van der Waals surface area (Å²) in [6.45, 7) is 2.21. The van der Waals surface area contributed by atoms with Crippen molar-refractivity contribution in [2.45, 2.75) is 38.0 Å². The Hall–Kier alpha value is -0.850. The van der Waals surface area contributed by atoms with E-state index in [1.165, 1.54) is 6.92 Å². The van der Waals surface area contributed by atoms with Crippen LogP contribution >= 0.6 is 12.4 Å². The highest BCUT2D eigenvalue weighted by Gasteiger charge is 2.28. The quantitative estimate of drug-likeness (QED) is 0.489. The number of hydrogen-bond acceptors (Lipinski definition) is 4. The fraction of sp³-hybridized carbons (Fsp3) is 0.778. The van der Waals surface area contributed by atoms with Crippen LogP contribution in [0.5, 0.6) is 0 Å². The van der Waals surface area contributed by atoms with Crippen molar-refractivity contribution in [2.24, 2.45) is 5.73 Å². The third-order valence-corrected chi connectivity index (χ3v) is 2.46. The molecule has 1 fully saturated rings. The first-order chi connectivity index (χ1) is 7.02. The number of aliphatic hydroxyl groups is 1. The largest absolute Gasteiger partial charge is 0.391 e. The van der Waals surface area contributed by atoms with Crippen LogP contribution in [0.3, 0.4) is 0 Å². The number of carbonyl (C=O) groups is 2. The average Bonchev–Trinajstić information content (AvgIpc) is 2.65. The Morgan fingerprint density at radius 3 is 2.56 bits per heavy atom. The van der Waals surface area contributed by atoms with Gasteiger partial charge in [0.05, 0.1) is 12.1 Å². The highest BCUT2D eigenvalue weighted by atomic mass is 35.5. The summed E-state index contributed by atoms with van der Waals surface area (Å²) >= 11 is 0. The summed E-state index contributed by atoms with van der Waals surface area (Å²) < 4.78 is 0. The predicted octanol–water partition coefficient (Wildman–Crippen LogP) is -1.49. The average molecular weight is 252 g/mol. The molecule has 1 rings (SSSR count). The van der Waals surface area contributed by atoms with Crippen LogP contribution in [0.15, 0.2) is 0 Å². The highest BCUT2D eigenvalue weighted by Crippen LogP contribution is 2.05. The third kappa shape index (κ3) is 3.96. The van der Waals surface area contributed by atoms with Gasteiger partial charge in [-0.05, 0) is 26.3 Å². The van der Waals surface area contributed by atoms with Crippen LogP contribution in [0.4, 0.5) is 0 Å². The van der Waals surface area contributed by atoms with Crippen molar-refractivity contribution in [3.05, 3.63) is 0 Å². The smallest absolute Gasteiger partial charge is 0.242 e. The normalized spacial score (nSPS) is 23.0. The SMILES string of the molecule is CC(O)C(NC(=O)[C@@H]1CCCN1)C(N)=O.Cl. The van der Waals surface area contributed by atoms with Gasteiger partial charge in [-0.1, -0.05) is 0 Å². The van der Waals surface area contributed by atoms with Crippen LogP contribution in [-0.4, -0.2) is 41.7 Å². The number of nitrogens with one attached hydrogen (secondary N) is 2. The lowest BCUT2D eigenvalue weighted by molar-refractivity contribution is -0.130. The van der Waals surface area contributed by atoms with Crippen molar-refractivity contribution in [3.8, 4) is 0 Å². The standard InChI is InChI=1S/C9H17N3O3.ClH/c1-5(13)7(8(10)14)12-9(15)6-3-2-4-11-6;/h5-7,11,13H,2-4H2,1H3,(H2,10,14)(H,12,15);1H/t5?,6-,7?;/m0./s1. The number of carbonyl (C=O) groups excluding carboxylic acids is 2. The summed E-state index contributed by atoms with van der Waals surface area (Å²) in [4.78, 5) is 22.5. The molecular formula is C9H18ClN3O3. The molecule has 0 saturated carbocycles. The Kier molecular flexibility index (Phi) is 6.32. The molecule has 16 heavy (non-hydrogen) atoms. The summed E-state index contributed by atoms with van der Waals surface area (Å²) in [5.74, 6) is -1.01. The van der Waals surface area contributed by atoms with Crippen molar-refractivity contribution >= 4 is 24.2 Å². The molecule has 0 spiro atoms. The summed E-state index contributed by atoms with van der Waals surface area (Å²) in [5.41, 5.74) is 5.05. The van der Waals surface area contributed by atoms with Gasteiger partial charge in [0.1, 0.15) is 6.04 Å². The number of primary amides is 1. The molecule has 5 N–H and O–H groups in total. The molecule has 7 heteroatoms. The maximum absolute atomic E-state index is 11.6. The Balaban J connectivity index is 0.00000225. The zero-order valence-corrected chi connectivity index (χ0v) is 9.92. The molecule has 0 aromatic heterocycles. The molecule has 0 aliphatic carbocycles. The van der Waals surface area contributed by atoms with E-state index in [0.717, 1.165) is 19.4 Å². The van der Waals surface area contributed by atoms with Crippen LogP contribution in [0.2, 0.25) is 0 Å². The second-order valence-electron chi connectivity index (χ2n) is 3.78. The molecule has 1 heterocycles. The summed E-state index contributed by atoms with van der Waals surface area (Å²) in [6, 6.07) is -1.29. The fourth-order valence-corrected chi connectivity index (χ4v) is 1.59. The lowest BCUT2D eigenvalue weighted by atomic mass is 10.1. The van der Waals surface area contributed by atoms with Crippen LogP contribution < -0.4 is 16.4 Å². The Bertz CT molecular complexity index is 254. The molecule has 1 saturated heterocycles. The van der Waals surface area contributed by atoms with Crippen molar-refractivity contribution in [3.63, 3.8) is 0 Å². The molecule has 0 bridgehead atoms. The van der Waals surface area contributed by atoms with Gasteiger partial charge in [0.15, 0.2) is 0 Å². The number of amides is 2. The fourth-order valence-electron chi connectivity index (χ4n) is 1.59. The Labute approximate surface area is 100 Å². The van der Waals surface area contributed by atoms with Gasteiger partial charge in [-0.15, -0.1) is 12.4 Å². The van der Waals surface area contributed by atoms with E-state index < -0.39 is 18.1 Å². The number of rotatable bonds is 4. The maximum Gasteiger partial charge on any atom is 0.242 e. The van der Waals surface area contributed by atoms with E-state index in [0.29, 0.717) is 0 Å². The summed E-state index contributed by atoms with van der Waals surface area (Å²) in [7, 11) is 0. The number of halogens is 1. The van der Waals surface area contributed by atoms with E-state index >= 15 is 0 Å². The monoisotopic (exact) mass is 251 g/mol. The van der Waals surface area contributed by atoms with Crippen molar-refractivity contribution in [1.29, 1.82) is 0 Å². The number of hydrogen-bond donors (Lipinski definition) is 4. The molecule has 0 aromatic carbocycles. The molecule has 94 valence electrons. The second-order valence-corrected chi connectivity index (χ2v) is 3.78. The first-order valence-electron chi connectivity index (χ1n) is 5.03. The lowest BCUT2D eigenvalue weighted by Gasteiger charge is -2.20. The van der Waals surface area contributed by atoms with Gasteiger partial charge in [-0.25, -0.2) is 0 Å². The zero-order chi connectivity index (χ0) is 11.4. The molecule has 2 unspecified atom stereocenters.